The maximum absolute atomic E-state index is 13.1. The Morgan fingerprint density at radius 1 is 0.966 bits per heavy atom. The quantitative estimate of drug-likeness (QED) is 0.824. The summed E-state index contributed by atoms with van der Waals surface area (Å²) in [7, 11) is -3.54. The minimum atomic E-state index is -3.54. The van der Waals surface area contributed by atoms with Crippen LogP contribution in [-0.2, 0) is 14.8 Å². The number of fused-ring (bicyclic) bond motifs is 1. The number of rotatable bonds is 4. The second-order valence-corrected chi connectivity index (χ2v) is 10.5. The molecular weight excluding hydrogens is 384 g/mol. The summed E-state index contributed by atoms with van der Waals surface area (Å²) >= 11 is 0. The molecule has 1 saturated carbocycles. The predicted octanol–water partition coefficient (Wildman–Crippen LogP) is 3.94. The van der Waals surface area contributed by atoms with Gasteiger partial charge in [0.05, 0.1) is 4.90 Å². The molecule has 6 heteroatoms. The van der Waals surface area contributed by atoms with Crippen LogP contribution in [0.1, 0.15) is 45.4 Å². The van der Waals surface area contributed by atoms with Crippen LogP contribution in [0.3, 0.4) is 0 Å². The fraction of sp³-hybridized carbons (Fsp3) is 0.522. The van der Waals surface area contributed by atoms with Crippen LogP contribution < -0.4 is 5.32 Å². The molecule has 1 aliphatic heterocycles. The van der Waals surface area contributed by atoms with E-state index in [1.54, 1.807) is 12.1 Å². The molecule has 2 aromatic rings. The standard InChI is InChI=1S/C23H30N2O3S/c1-17-6-2-5-9-22(17)24-23(26)19-12-14-25(15-13-19)29(27,28)21-11-10-18-7-3-4-8-20(18)16-21/h3-4,7-8,10-11,16-17,19,22H,2,5-6,9,12-15H2,1H3,(H,24,26). The van der Waals surface area contributed by atoms with Crippen LogP contribution >= 0.6 is 0 Å². The number of piperidine rings is 1. The molecule has 2 fully saturated rings. The Balaban J connectivity index is 1.39. The number of hydrogen-bond donors (Lipinski definition) is 1. The monoisotopic (exact) mass is 414 g/mol. The lowest BCUT2D eigenvalue weighted by Crippen LogP contribution is -2.47. The van der Waals surface area contributed by atoms with Crippen LogP contribution in [0.15, 0.2) is 47.4 Å². The van der Waals surface area contributed by atoms with E-state index in [1.807, 2.05) is 30.3 Å². The largest absolute Gasteiger partial charge is 0.353 e. The maximum Gasteiger partial charge on any atom is 0.243 e. The first-order valence-corrected chi connectivity index (χ1v) is 12.2. The number of nitrogens with zero attached hydrogens (tertiary/aromatic N) is 1. The summed E-state index contributed by atoms with van der Waals surface area (Å²) in [5, 5.41) is 5.18. The van der Waals surface area contributed by atoms with Crippen molar-refractivity contribution in [3.05, 3.63) is 42.5 Å². The van der Waals surface area contributed by atoms with Gasteiger partial charge in [-0.05, 0) is 54.5 Å². The SMILES string of the molecule is CC1CCCCC1NC(=O)C1CCN(S(=O)(=O)c2ccc3ccccc3c2)CC1. The van der Waals surface area contributed by atoms with Gasteiger partial charge in [0.25, 0.3) is 0 Å². The summed E-state index contributed by atoms with van der Waals surface area (Å²) < 4.78 is 27.7. The van der Waals surface area contributed by atoms with Gasteiger partial charge in [0.15, 0.2) is 0 Å². The Kier molecular flexibility index (Phi) is 5.93. The van der Waals surface area contributed by atoms with Crippen LogP contribution in [0.4, 0.5) is 0 Å². The lowest BCUT2D eigenvalue weighted by Gasteiger charge is -2.34. The Morgan fingerprint density at radius 3 is 2.38 bits per heavy atom. The summed E-state index contributed by atoms with van der Waals surface area (Å²) in [4.78, 5) is 13.0. The Morgan fingerprint density at radius 2 is 1.66 bits per heavy atom. The van der Waals surface area contributed by atoms with Crippen LogP contribution in [0, 0.1) is 11.8 Å². The fourth-order valence-electron chi connectivity index (χ4n) is 4.67. The minimum absolute atomic E-state index is 0.0906. The highest BCUT2D eigenvalue weighted by Crippen LogP contribution is 2.28. The van der Waals surface area contributed by atoms with Crippen molar-refractivity contribution < 1.29 is 13.2 Å². The van der Waals surface area contributed by atoms with Crippen LogP contribution in [0.2, 0.25) is 0 Å². The number of sulfonamides is 1. The molecule has 1 amide bonds. The van der Waals surface area contributed by atoms with E-state index < -0.39 is 10.0 Å². The maximum atomic E-state index is 13.1. The van der Waals surface area contributed by atoms with Crippen molar-refractivity contribution >= 4 is 26.7 Å². The highest BCUT2D eigenvalue weighted by atomic mass is 32.2. The van der Waals surface area contributed by atoms with Gasteiger partial charge in [0.1, 0.15) is 0 Å². The average molecular weight is 415 g/mol. The zero-order valence-corrected chi connectivity index (χ0v) is 17.8. The highest BCUT2D eigenvalue weighted by molar-refractivity contribution is 7.89. The van der Waals surface area contributed by atoms with Crippen molar-refractivity contribution in [2.24, 2.45) is 11.8 Å². The van der Waals surface area contributed by atoms with E-state index in [9.17, 15) is 13.2 Å². The molecule has 1 N–H and O–H groups in total. The number of carbonyl (C=O) groups excluding carboxylic acids is 1. The molecule has 0 bridgehead atoms. The highest BCUT2D eigenvalue weighted by Gasteiger charge is 2.33. The van der Waals surface area contributed by atoms with E-state index in [2.05, 4.69) is 12.2 Å². The zero-order valence-electron chi connectivity index (χ0n) is 17.0. The van der Waals surface area contributed by atoms with Crippen LogP contribution in [0.5, 0.6) is 0 Å². The second-order valence-electron chi connectivity index (χ2n) is 8.56. The third kappa shape index (κ3) is 4.33. The molecule has 1 heterocycles. The van der Waals surface area contributed by atoms with Gasteiger partial charge in [-0.2, -0.15) is 4.31 Å². The summed E-state index contributed by atoms with van der Waals surface area (Å²) in [6.07, 6.45) is 5.82. The molecule has 2 aromatic carbocycles. The molecule has 0 spiro atoms. The van der Waals surface area contributed by atoms with Gasteiger partial charge in [-0.25, -0.2) is 8.42 Å². The molecule has 5 nitrogen and oxygen atoms in total. The van der Waals surface area contributed by atoms with E-state index in [4.69, 9.17) is 0 Å². The van der Waals surface area contributed by atoms with Crippen molar-refractivity contribution in [2.45, 2.75) is 56.4 Å². The molecule has 0 aromatic heterocycles. The molecule has 2 atom stereocenters. The van der Waals surface area contributed by atoms with Gasteiger partial charge in [-0.1, -0.05) is 50.1 Å². The number of amides is 1. The molecule has 1 saturated heterocycles. The Bertz CT molecular complexity index is 981. The fourth-order valence-corrected chi connectivity index (χ4v) is 6.17. The van der Waals surface area contributed by atoms with E-state index in [0.717, 1.165) is 17.2 Å². The molecule has 0 radical (unpaired) electrons. The van der Waals surface area contributed by atoms with E-state index in [-0.39, 0.29) is 17.9 Å². The number of carbonyl (C=O) groups is 1. The molecule has 2 unspecified atom stereocenters. The normalized spacial score (nSPS) is 24.4. The van der Waals surface area contributed by atoms with Crippen molar-refractivity contribution in [1.29, 1.82) is 0 Å². The van der Waals surface area contributed by atoms with E-state index in [0.29, 0.717) is 36.7 Å². The Labute approximate surface area is 173 Å². The van der Waals surface area contributed by atoms with Crippen molar-refractivity contribution in [3.8, 4) is 0 Å². The molecule has 2 aliphatic rings. The van der Waals surface area contributed by atoms with Crippen molar-refractivity contribution in [3.63, 3.8) is 0 Å². The van der Waals surface area contributed by atoms with Gasteiger partial charge in [0.2, 0.25) is 15.9 Å². The topological polar surface area (TPSA) is 66.5 Å². The average Bonchev–Trinajstić information content (AvgIpc) is 2.75. The molecule has 29 heavy (non-hydrogen) atoms. The third-order valence-electron chi connectivity index (χ3n) is 6.62. The van der Waals surface area contributed by atoms with Gasteiger partial charge in [-0.15, -0.1) is 0 Å². The van der Waals surface area contributed by atoms with Gasteiger partial charge in [-0.3, -0.25) is 4.79 Å². The summed E-state index contributed by atoms with van der Waals surface area (Å²) in [5.74, 6) is 0.541. The first-order chi connectivity index (χ1) is 13.9. The van der Waals surface area contributed by atoms with Crippen molar-refractivity contribution in [1.82, 2.24) is 9.62 Å². The molecule has 1 aliphatic carbocycles. The predicted molar refractivity (Wildman–Crippen MR) is 115 cm³/mol. The van der Waals surface area contributed by atoms with Gasteiger partial charge in [0, 0.05) is 25.0 Å². The van der Waals surface area contributed by atoms with Crippen molar-refractivity contribution in [2.75, 3.05) is 13.1 Å². The minimum Gasteiger partial charge on any atom is -0.353 e. The summed E-state index contributed by atoms with van der Waals surface area (Å²) in [6, 6.07) is 13.3. The van der Waals surface area contributed by atoms with Crippen LogP contribution in [-0.4, -0.2) is 37.8 Å². The van der Waals surface area contributed by atoms with E-state index >= 15 is 0 Å². The number of nitrogens with one attached hydrogen (secondary N) is 1. The first kappa shape index (κ1) is 20.4. The van der Waals surface area contributed by atoms with Gasteiger partial charge < -0.3 is 5.32 Å². The van der Waals surface area contributed by atoms with E-state index in [1.165, 1.54) is 23.6 Å². The van der Waals surface area contributed by atoms with Gasteiger partial charge >= 0.3 is 0 Å². The molecule has 4 rings (SSSR count). The number of hydrogen-bond acceptors (Lipinski definition) is 3. The summed E-state index contributed by atoms with van der Waals surface area (Å²) in [6.45, 7) is 3.00. The molecular formula is C23H30N2O3S. The third-order valence-corrected chi connectivity index (χ3v) is 8.52. The smallest absolute Gasteiger partial charge is 0.243 e. The second kappa shape index (κ2) is 8.44. The first-order valence-electron chi connectivity index (χ1n) is 10.7. The lowest BCUT2D eigenvalue weighted by molar-refractivity contribution is -0.127. The molecule has 156 valence electrons. The zero-order chi connectivity index (χ0) is 20.4. The number of benzene rings is 2. The summed E-state index contributed by atoms with van der Waals surface area (Å²) in [5.41, 5.74) is 0. The lowest BCUT2D eigenvalue weighted by atomic mass is 9.85. The Hall–Kier alpha value is -1.92. The van der Waals surface area contributed by atoms with Crippen LogP contribution in [0.25, 0.3) is 10.8 Å².